The smallest absolute Gasteiger partial charge is 0.236 e. The van der Waals surface area contributed by atoms with Crippen LogP contribution in [0.3, 0.4) is 0 Å². The van der Waals surface area contributed by atoms with Crippen LogP contribution in [-0.2, 0) is 21.4 Å². The highest BCUT2D eigenvalue weighted by Crippen LogP contribution is 2.44. The van der Waals surface area contributed by atoms with Crippen LogP contribution in [0.1, 0.15) is 80.4 Å². The number of carbonyl (C=O) groups excluding carboxylic acids is 2. The van der Waals surface area contributed by atoms with E-state index in [1.165, 1.54) is 75.1 Å². The fourth-order valence-corrected chi connectivity index (χ4v) is 9.70. The molecule has 1 aromatic carbocycles. The molecule has 3 aromatic rings. The SMILES string of the molecule is Cc1cc(C)cc(-c2[nH]c3sc(C(C)(C)C(=O)N4C5CCC4CC5)cc3c2CCN2CCN(CC(=O)N3CCCCC3)CC2)c1. The van der Waals surface area contributed by atoms with E-state index >= 15 is 0 Å². The zero-order chi connectivity index (χ0) is 31.3. The molecule has 0 aliphatic carbocycles. The first-order valence-corrected chi connectivity index (χ1v) is 18.3. The molecule has 0 atom stereocenters. The average Bonchev–Trinajstić information content (AvgIpc) is 3.81. The van der Waals surface area contributed by atoms with Crippen molar-refractivity contribution in [1.29, 1.82) is 0 Å². The van der Waals surface area contributed by atoms with Crippen LogP contribution in [-0.4, -0.2) is 101 Å². The maximum Gasteiger partial charge on any atom is 0.236 e. The molecule has 8 heteroatoms. The highest BCUT2D eigenvalue weighted by molar-refractivity contribution is 7.19. The van der Waals surface area contributed by atoms with E-state index in [9.17, 15) is 9.59 Å². The Morgan fingerprint density at radius 3 is 2.11 bits per heavy atom. The van der Waals surface area contributed by atoms with Gasteiger partial charge in [-0.15, -0.1) is 11.3 Å². The normalized spacial score (nSPS) is 23.0. The molecule has 242 valence electrons. The summed E-state index contributed by atoms with van der Waals surface area (Å²) in [5, 5.41) is 1.28. The number of rotatable bonds is 8. The Morgan fingerprint density at radius 1 is 0.844 bits per heavy atom. The van der Waals surface area contributed by atoms with Crippen molar-refractivity contribution in [1.82, 2.24) is 24.6 Å². The van der Waals surface area contributed by atoms with Crippen molar-refractivity contribution in [3.63, 3.8) is 0 Å². The number of fused-ring (bicyclic) bond motifs is 3. The lowest BCUT2D eigenvalue weighted by Gasteiger charge is -2.36. The molecule has 2 aromatic heterocycles. The molecule has 7 rings (SSSR count). The van der Waals surface area contributed by atoms with Gasteiger partial charge in [0.2, 0.25) is 11.8 Å². The lowest BCUT2D eigenvalue weighted by molar-refractivity contribution is -0.137. The number of benzene rings is 1. The number of aromatic amines is 1. The number of likely N-dealkylation sites (tertiary alicyclic amines) is 1. The van der Waals surface area contributed by atoms with E-state index in [-0.39, 0.29) is 0 Å². The molecule has 4 aliphatic heterocycles. The van der Waals surface area contributed by atoms with Crippen LogP contribution in [0.2, 0.25) is 0 Å². The van der Waals surface area contributed by atoms with Gasteiger partial charge >= 0.3 is 0 Å². The molecule has 2 amide bonds. The Bertz CT molecular complexity index is 1520. The maximum atomic E-state index is 14.0. The summed E-state index contributed by atoms with van der Waals surface area (Å²) in [6.07, 6.45) is 9.19. The minimum absolute atomic E-state index is 0.308. The van der Waals surface area contributed by atoms with Gasteiger partial charge in [-0.3, -0.25) is 14.5 Å². The Morgan fingerprint density at radius 2 is 1.47 bits per heavy atom. The number of nitrogens with one attached hydrogen (secondary N) is 1. The van der Waals surface area contributed by atoms with Crippen LogP contribution < -0.4 is 0 Å². The molecule has 4 fully saturated rings. The molecule has 4 aliphatic rings. The van der Waals surface area contributed by atoms with Gasteiger partial charge in [0.05, 0.1) is 17.7 Å². The third-order valence-electron chi connectivity index (χ3n) is 11.2. The lowest BCUT2D eigenvalue weighted by Crippen LogP contribution is -2.50. The maximum absolute atomic E-state index is 14.0. The van der Waals surface area contributed by atoms with Crippen LogP contribution in [0.25, 0.3) is 21.5 Å². The van der Waals surface area contributed by atoms with Crippen LogP contribution in [0.5, 0.6) is 0 Å². The summed E-state index contributed by atoms with van der Waals surface area (Å²) in [7, 11) is 0. The number of piperazine rings is 1. The van der Waals surface area contributed by atoms with Gasteiger partial charge in [0.25, 0.3) is 0 Å². The molecule has 1 N–H and O–H groups in total. The third kappa shape index (κ3) is 6.10. The highest BCUT2D eigenvalue weighted by atomic mass is 32.1. The Hall–Kier alpha value is -2.68. The van der Waals surface area contributed by atoms with E-state index in [1.807, 2.05) is 0 Å². The Kier molecular flexibility index (Phi) is 8.59. The Labute approximate surface area is 272 Å². The number of piperidine rings is 1. The van der Waals surface area contributed by atoms with Crippen molar-refractivity contribution in [3.8, 4) is 11.3 Å². The molecule has 7 nitrogen and oxygen atoms in total. The monoisotopic (exact) mass is 629 g/mol. The number of aryl methyl sites for hydroxylation is 2. The van der Waals surface area contributed by atoms with Crippen LogP contribution in [0, 0.1) is 13.8 Å². The van der Waals surface area contributed by atoms with Crippen molar-refractivity contribution in [3.05, 3.63) is 45.8 Å². The summed E-state index contributed by atoms with van der Waals surface area (Å²) in [6, 6.07) is 10.0. The highest BCUT2D eigenvalue weighted by Gasteiger charge is 2.47. The topological polar surface area (TPSA) is 62.9 Å². The molecule has 2 bridgehead atoms. The predicted octanol–water partition coefficient (Wildman–Crippen LogP) is 6.12. The second kappa shape index (κ2) is 12.5. The number of amides is 2. The van der Waals surface area contributed by atoms with E-state index in [0.717, 1.165) is 65.1 Å². The summed E-state index contributed by atoms with van der Waals surface area (Å²) >= 11 is 1.77. The van der Waals surface area contributed by atoms with E-state index in [0.29, 0.717) is 30.4 Å². The number of hydrogen-bond acceptors (Lipinski definition) is 5. The first-order valence-electron chi connectivity index (χ1n) is 17.5. The Balaban J connectivity index is 1.09. The predicted molar refractivity (Wildman–Crippen MR) is 184 cm³/mol. The molecule has 6 heterocycles. The second-order valence-electron chi connectivity index (χ2n) is 14.8. The van der Waals surface area contributed by atoms with Crippen LogP contribution >= 0.6 is 11.3 Å². The number of thiophene rings is 1. The van der Waals surface area contributed by atoms with Gasteiger partial charge in [-0.1, -0.05) is 17.2 Å². The summed E-state index contributed by atoms with van der Waals surface area (Å²) < 4.78 is 0. The molecule has 0 unspecified atom stereocenters. The van der Waals surface area contributed by atoms with Crippen molar-refractivity contribution in [2.24, 2.45) is 0 Å². The largest absolute Gasteiger partial charge is 0.346 e. The molecule has 0 saturated carbocycles. The van der Waals surface area contributed by atoms with E-state index in [4.69, 9.17) is 0 Å². The summed E-state index contributed by atoms with van der Waals surface area (Å²) in [5.41, 5.74) is 5.85. The molecular weight excluding hydrogens is 579 g/mol. The molecule has 0 spiro atoms. The van der Waals surface area contributed by atoms with Crippen molar-refractivity contribution < 1.29 is 9.59 Å². The van der Waals surface area contributed by atoms with E-state index < -0.39 is 5.41 Å². The van der Waals surface area contributed by atoms with Crippen molar-refractivity contribution in [2.45, 2.75) is 96.6 Å². The first-order chi connectivity index (χ1) is 21.7. The van der Waals surface area contributed by atoms with Crippen LogP contribution in [0.15, 0.2) is 24.3 Å². The number of aromatic nitrogens is 1. The second-order valence-corrected chi connectivity index (χ2v) is 15.9. The fourth-order valence-electron chi connectivity index (χ4n) is 8.51. The number of nitrogens with zero attached hydrogens (tertiary/aromatic N) is 4. The van der Waals surface area contributed by atoms with Gasteiger partial charge < -0.3 is 19.7 Å². The van der Waals surface area contributed by atoms with Gasteiger partial charge in [-0.25, -0.2) is 0 Å². The first kappa shape index (κ1) is 30.9. The van der Waals surface area contributed by atoms with Crippen molar-refractivity contribution >= 4 is 33.4 Å². The zero-order valence-electron chi connectivity index (χ0n) is 27.8. The van der Waals surface area contributed by atoms with Gasteiger partial charge in [-0.05, 0) is 108 Å². The third-order valence-corrected chi connectivity index (χ3v) is 12.5. The van der Waals surface area contributed by atoms with Crippen LogP contribution in [0.4, 0.5) is 0 Å². The summed E-state index contributed by atoms with van der Waals surface area (Å²) in [5.74, 6) is 0.618. The van der Waals surface area contributed by atoms with Gasteiger partial charge in [0.1, 0.15) is 4.83 Å². The number of hydrogen-bond donors (Lipinski definition) is 1. The van der Waals surface area contributed by atoms with E-state index in [2.05, 4.69) is 76.5 Å². The minimum Gasteiger partial charge on any atom is -0.346 e. The molecule has 0 radical (unpaired) electrons. The molecule has 4 saturated heterocycles. The number of carbonyl (C=O) groups is 2. The summed E-state index contributed by atoms with van der Waals surface area (Å²) in [6.45, 7) is 15.9. The van der Waals surface area contributed by atoms with Gasteiger partial charge in [0, 0.05) is 68.2 Å². The lowest BCUT2D eigenvalue weighted by atomic mass is 9.88. The van der Waals surface area contributed by atoms with Crippen molar-refractivity contribution in [2.75, 3.05) is 52.4 Å². The molecular formula is C37H51N5O2S. The molecule has 45 heavy (non-hydrogen) atoms. The summed E-state index contributed by atoms with van der Waals surface area (Å²) in [4.78, 5) is 42.2. The quantitative estimate of drug-likeness (QED) is 0.326. The average molecular weight is 630 g/mol. The van der Waals surface area contributed by atoms with Gasteiger partial charge in [-0.2, -0.15) is 0 Å². The standard InChI is InChI=1S/C37H51N5O2S/c1-25-20-26(2)22-27(21-25)34-30(12-15-39-16-18-40(19-17-39)24-33(43)41-13-6-5-7-14-41)31-23-32(45-35(31)38-34)37(3,4)36(44)42-28-8-9-29(42)11-10-28/h20-23,28-29,38H,5-19,24H2,1-4H3. The number of H-pyrrole nitrogens is 1. The van der Waals surface area contributed by atoms with Gasteiger partial charge in [0.15, 0.2) is 0 Å². The minimum atomic E-state index is -0.533. The fraction of sp³-hybridized carbons (Fsp3) is 0.622. The van der Waals surface area contributed by atoms with E-state index in [1.54, 1.807) is 11.3 Å². The zero-order valence-corrected chi connectivity index (χ0v) is 28.6.